The van der Waals surface area contributed by atoms with Crippen molar-refractivity contribution in [2.45, 2.75) is 32.0 Å². The normalized spacial score (nSPS) is 17.7. The van der Waals surface area contributed by atoms with Gasteiger partial charge in [-0.3, -0.25) is 0 Å². The van der Waals surface area contributed by atoms with Gasteiger partial charge in [0.25, 0.3) is 0 Å². The van der Waals surface area contributed by atoms with Gasteiger partial charge in [-0.15, -0.1) is 0 Å². The number of nitrogens with one attached hydrogen (secondary N) is 1. The molecular formula is C14H20F3N3O. The van der Waals surface area contributed by atoms with Crippen molar-refractivity contribution in [2.75, 3.05) is 31.6 Å². The van der Waals surface area contributed by atoms with E-state index in [-0.39, 0.29) is 5.88 Å². The van der Waals surface area contributed by atoms with Crippen LogP contribution in [0.3, 0.4) is 0 Å². The Kier molecular flexibility index (Phi) is 5.27. The number of nitrogens with zero attached hydrogens (tertiary/aromatic N) is 2. The molecule has 1 aliphatic rings. The van der Waals surface area contributed by atoms with E-state index in [9.17, 15) is 13.2 Å². The number of rotatable bonds is 5. The molecule has 0 aliphatic carbocycles. The first-order valence-electron chi connectivity index (χ1n) is 7.11. The van der Waals surface area contributed by atoms with Gasteiger partial charge in [-0.05, 0) is 25.5 Å². The van der Waals surface area contributed by atoms with Crippen LogP contribution in [-0.2, 0) is 0 Å². The number of piperidine rings is 1. The van der Waals surface area contributed by atoms with E-state index < -0.39 is 12.8 Å². The topological polar surface area (TPSA) is 37.4 Å². The van der Waals surface area contributed by atoms with E-state index >= 15 is 0 Å². The van der Waals surface area contributed by atoms with Crippen LogP contribution in [0.5, 0.6) is 5.88 Å². The van der Waals surface area contributed by atoms with Gasteiger partial charge in [-0.25, -0.2) is 4.98 Å². The van der Waals surface area contributed by atoms with E-state index in [4.69, 9.17) is 0 Å². The van der Waals surface area contributed by atoms with Crippen molar-refractivity contribution in [1.82, 2.24) is 9.88 Å². The number of anilines is 1. The van der Waals surface area contributed by atoms with Crippen LogP contribution >= 0.6 is 0 Å². The summed E-state index contributed by atoms with van der Waals surface area (Å²) >= 11 is 0. The predicted octanol–water partition coefficient (Wildman–Crippen LogP) is 2.92. The lowest BCUT2D eigenvalue weighted by Gasteiger charge is -2.31. The maximum absolute atomic E-state index is 12.0. The van der Waals surface area contributed by atoms with E-state index in [1.807, 2.05) is 0 Å². The molecule has 1 saturated heterocycles. The summed E-state index contributed by atoms with van der Waals surface area (Å²) in [6.07, 6.45) is -0.718. The maximum Gasteiger partial charge on any atom is 0.422 e. The number of hydrogen-bond acceptors (Lipinski definition) is 4. The highest BCUT2D eigenvalue weighted by atomic mass is 19.4. The van der Waals surface area contributed by atoms with Gasteiger partial charge >= 0.3 is 6.18 Å². The molecule has 21 heavy (non-hydrogen) atoms. The maximum atomic E-state index is 12.0. The summed E-state index contributed by atoms with van der Waals surface area (Å²) in [7, 11) is 0. The van der Waals surface area contributed by atoms with Gasteiger partial charge in [0.05, 0.1) is 11.9 Å². The highest BCUT2D eigenvalue weighted by Crippen LogP contribution is 2.20. The van der Waals surface area contributed by atoms with Crippen molar-refractivity contribution in [3.8, 4) is 5.88 Å². The second-order valence-corrected chi connectivity index (χ2v) is 5.14. The lowest BCUT2D eigenvalue weighted by Crippen LogP contribution is -2.38. The SMILES string of the molecule is CCN1CCC(Nc2ccc(OCC(F)(F)F)nc2)CC1. The Labute approximate surface area is 122 Å². The average molecular weight is 303 g/mol. The van der Waals surface area contributed by atoms with E-state index in [0.717, 1.165) is 38.2 Å². The van der Waals surface area contributed by atoms with Gasteiger partial charge < -0.3 is 15.0 Å². The first kappa shape index (κ1) is 15.9. The molecule has 1 aromatic rings. The molecule has 1 fully saturated rings. The van der Waals surface area contributed by atoms with E-state index in [2.05, 4.69) is 26.9 Å². The molecule has 0 unspecified atom stereocenters. The summed E-state index contributed by atoms with van der Waals surface area (Å²) in [6, 6.07) is 3.54. The fourth-order valence-electron chi connectivity index (χ4n) is 2.34. The quantitative estimate of drug-likeness (QED) is 0.907. The Hall–Kier alpha value is -1.50. The molecular weight excluding hydrogens is 283 g/mol. The Morgan fingerprint density at radius 2 is 2.05 bits per heavy atom. The number of ether oxygens (including phenoxy) is 1. The lowest BCUT2D eigenvalue weighted by atomic mass is 10.0. The Balaban J connectivity index is 1.80. The average Bonchev–Trinajstić information content (AvgIpc) is 2.46. The number of halogens is 3. The molecule has 118 valence electrons. The molecule has 0 radical (unpaired) electrons. The second kappa shape index (κ2) is 6.98. The zero-order chi connectivity index (χ0) is 15.3. The zero-order valence-electron chi connectivity index (χ0n) is 12.0. The van der Waals surface area contributed by atoms with Gasteiger partial charge in [-0.1, -0.05) is 6.92 Å². The summed E-state index contributed by atoms with van der Waals surface area (Å²) in [5, 5.41) is 3.36. The monoisotopic (exact) mass is 303 g/mol. The predicted molar refractivity (Wildman–Crippen MR) is 74.5 cm³/mol. The largest absolute Gasteiger partial charge is 0.468 e. The minimum absolute atomic E-state index is 0.0151. The standard InChI is InChI=1S/C14H20F3N3O/c1-2-20-7-5-11(6-8-20)19-12-3-4-13(18-9-12)21-10-14(15,16)17/h3-4,9,11,19H,2,5-8,10H2,1H3. The van der Waals surface area contributed by atoms with Crippen molar-refractivity contribution >= 4 is 5.69 Å². The Morgan fingerprint density at radius 1 is 1.33 bits per heavy atom. The third kappa shape index (κ3) is 5.41. The molecule has 2 heterocycles. The van der Waals surface area contributed by atoms with Crippen molar-refractivity contribution in [2.24, 2.45) is 0 Å². The van der Waals surface area contributed by atoms with Crippen molar-refractivity contribution in [1.29, 1.82) is 0 Å². The number of pyridine rings is 1. The minimum atomic E-state index is -4.34. The Morgan fingerprint density at radius 3 is 2.57 bits per heavy atom. The van der Waals surface area contributed by atoms with Gasteiger partial charge in [-0.2, -0.15) is 13.2 Å². The summed E-state index contributed by atoms with van der Waals surface area (Å²) in [4.78, 5) is 6.28. The highest BCUT2D eigenvalue weighted by Gasteiger charge is 2.28. The van der Waals surface area contributed by atoms with Crippen LogP contribution < -0.4 is 10.1 Å². The van der Waals surface area contributed by atoms with Gasteiger partial charge in [0.15, 0.2) is 6.61 Å². The fraction of sp³-hybridized carbons (Fsp3) is 0.643. The molecule has 0 atom stereocenters. The Bertz CT molecular complexity index is 428. The van der Waals surface area contributed by atoms with Gasteiger partial charge in [0.1, 0.15) is 0 Å². The van der Waals surface area contributed by atoms with Crippen LogP contribution in [0.25, 0.3) is 0 Å². The molecule has 0 aromatic carbocycles. The molecule has 0 bridgehead atoms. The number of likely N-dealkylation sites (tertiary alicyclic amines) is 1. The zero-order valence-corrected chi connectivity index (χ0v) is 12.0. The minimum Gasteiger partial charge on any atom is -0.468 e. The molecule has 1 N–H and O–H groups in total. The smallest absolute Gasteiger partial charge is 0.422 e. The van der Waals surface area contributed by atoms with Crippen LogP contribution in [0, 0.1) is 0 Å². The summed E-state index contributed by atoms with van der Waals surface area (Å²) < 4.78 is 40.6. The molecule has 1 aliphatic heterocycles. The van der Waals surface area contributed by atoms with E-state index in [0.29, 0.717) is 6.04 Å². The summed E-state index contributed by atoms with van der Waals surface area (Å²) in [5.41, 5.74) is 0.810. The molecule has 4 nitrogen and oxygen atoms in total. The summed E-state index contributed by atoms with van der Waals surface area (Å²) in [5.74, 6) is -0.0151. The first-order chi connectivity index (χ1) is 9.96. The van der Waals surface area contributed by atoms with Crippen LogP contribution in [0.4, 0.5) is 18.9 Å². The summed E-state index contributed by atoms with van der Waals surface area (Å²) in [6.45, 7) is 4.03. The van der Waals surface area contributed by atoms with Crippen LogP contribution in [0.2, 0.25) is 0 Å². The van der Waals surface area contributed by atoms with E-state index in [1.54, 1.807) is 6.07 Å². The number of aromatic nitrogens is 1. The number of alkyl halides is 3. The van der Waals surface area contributed by atoms with Crippen LogP contribution in [0.15, 0.2) is 18.3 Å². The second-order valence-electron chi connectivity index (χ2n) is 5.14. The molecule has 0 spiro atoms. The van der Waals surface area contributed by atoms with Crippen molar-refractivity contribution in [3.05, 3.63) is 18.3 Å². The third-order valence-corrected chi connectivity index (χ3v) is 3.53. The molecule has 2 rings (SSSR count). The first-order valence-corrected chi connectivity index (χ1v) is 7.11. The molecule has 0 amide bonds. The number of hydrogen-bond donors (Lipinski definition) is 1. The van der Waals surface area contributed by atoms with Crippen molar-refractivity contribution < 1.29 is 17.9 Å². The molecule has 1 aromatic heterocycles. The third-order valence-electron chi connectivity index (χ3n) is 3.53. The lowest BCUT2D eigenvalue weighted by molar-refractivity contribution is -0.154. The van der Waals surface area contributed by atoms with Crippen LogP contribution in [0.1, 0.15) is 19.8 Å². The highest BCUT2D eigenvalue weighted by molar-refractivity contribution is 5.43. The molecule has 0 saturated carbocycles. The van der Waals surface area contributed by atoms with Crippen molar-refractivity contribution in [3.63, 3.8) is 0 Å². The van der Waals surface area contributed by atoms with E-state index in [1.165, 1.54) is 12.3 Å². The van der Waals surface area contributed by atoms with Gasteiger partial charge in [0.2, 0.25) is 5.88 Å². The fourth-order valence-corrected chi connectivity index (χ4v) is 2.34. The van der Waals surface area contributed by atoms with Gasteiger partial charge in [0, 0.05) is 25.2 Å². The van der Waals surface area contributed by atoms with Crippen LogP contribution in [-0.4, -0.2) is 48.3 Å². The molecule has 7 heteroatoms.